The summed E-state index contributed by atoms with van der Waals surface area (Å²) in [6.07, 6.45) is -0.712. The highest BCUT2D eigenvalue weighted by atomic mass is 19.4. The summed E-state index contributed by atoms with van der Waals surface area (Å²) in [4.78, 5) is 26.9. The molecule has 0 bridgehead atoms. The number of aliphatic carboxylic acids is 1. The first-order valence-corrected chi connectivity index (χ1v) is 8.20. The minimum absolute atomic E-state index is 0.0499. The number of rotatable bonds is 8. The van der Waals surface area contributed by atoms with E-state index in [0.717, 1.165) is 38.3 Å². The first-order valence-electron chi connectivity index (χ1n) is 8.20. The van der Waals surface area contributed by atoms with Crippen molar-refractivity contribution in [2.24, 2.45) is 0 Å². The molecule has 1 aromatic heterocycles. The van der Waals surface area contributed by atoms with Crippen molar-refractivity contribution in [3.8, 4) is 0 Å². The van der Waals surface area contributed by atoms with Gasteiger partial charge in [0.2, 0.25) is 5.91 Å². The topological polar surface area (TPSA) is 104 Å². The van der Waals surface area contributed by atoms with Gasteiger partial charge in [-0.3, -0.25) is 9.78 Å². The Morgan fingerprint density at radius 3 is 2.56 bits per heavy atom. The molecule has 0 spiro atoms. The Bertz CT molecular complexity index is 587. The first-order chi connectivity index (χ1) is 12.8. The highest BCUT2D eigenvalue weighted by molar-refractivity contribution is 5.84. The van der Waals surface area contributed by atoms with Gasteiger partial charge in [-0.05, 0) is 18.6 Å². The van der Waals surface area contributed by atoms with Gasteiger partial charge in [-0.2, -0.15) is 13.2 Å². The number of methoxy groups -OCH3 is 1. The van der Waals surface area contributed by atoms with E-state index in [1.54, 1.807) is 19.5 Å². The van der Waals surface area contributed by atoms with E-state index in [1.807, 2.05) is 17.0 Å². The zero-order valence-electron chi connectivity index (χ0n) is 14.8. The molecule has 1 atom stereocenters. The summed E-state index contributed by atoms with van der Waals surface area (Å²) in [6.45, 7) is 3.65. The fourth-order valence-electron chi connectivity index (χ4n) is 2.29. The second kappa shape index (κ2) is 11.3. The molecule has 1 unspecified atom stereocenters. The van der Waals surface area contributed by atoms with Crippen molar-refractivity contribution in [2.75, 3.05) is 45.2 Å². The second-order valence-corrected chi connectivity index (χ2v) is 5.58. The molecule has 152 valence electrons. The fraction of sp³-hybridized carbons (Fsp3) is 0.562. The quantitative estimate of drug-likeness (QED) is 0.566. The van der Waals surface area contributed by atoms with Crippen molar-refractivity contribution in [2.45, 2.75) is 18.6 Å². The van der Waals surface area contributed by atoms with Gasteiger partial charge in [0, 0.05) is 51.4 Å². The molecule has 27 heavy (non-hydrogen) atoms. The Kier molecular flexibility index (Phi) is 9.51. The molecule has 1 amide bonds. The number of hydrogen-bond acceptors (Lipinski definition) is 6. The highest BCUT2D eigenvalue weighted by Crippen LogP contribution is 2.13. The van der Waals surface area contributed by atoms with E-state index >= 15 is 0 Å². The smallest absolute Gasteiger partial charge is 0.475 e. The minimum atomic E-state index is -5.08. The van der Waals surface area contributed by atoms with Gasteiger partial charge in [0.25, 0.3) is 0 Å². The molecule has 11 heteroatoms. The predicted molar refractivity (Wildman–Crippen MR) is 91.3 cm³/mol. The number of nitrogens with one attached hydrogen (secondary N) is 2. The number of carbonyl (C=O) groups is 2. The van der Waals surface area contributed by atoms with Crippen LogP contribution in [0.4, 0.5) is 18.9 Å². The number of carboxylic acids is 1. The van der Waals surface area contributed by atoms with E-state index in [9.17, 15) is 18.0 Å². The SMILES string of the molecule is COCCNC1CCN(CCNc2ccncc2)C1=O.O=C(O)C(F)(F)F. The Balaban J connectivity index is 0.000000445. The van der Waals surface area contributed by atoms with Crippen molar-refractivity contribution < 1.29 is 32.6 Å². The van der Waals surface area contributed by atoms with Crippen molar-refractivity contribution in [3.63, 3.8) is 0 Å². The van der Waals surface area contributed by atoms with Crippen molar-refractivity contribution >= 4 is 17.6 Å². The monoisotopic (exact) mass is 392 g/mol. The molecule has 2 rings (SSSR count). The number of alkyl halides is 3. The van der Waals surface area contributed by atoms with E-state index < -0.39 is 12.1 Å². The number of likely N-dealkylation sites (tertiary alicyclic amines) is 1. The first kappa shape index (κ1) is 22.6. The van der Waals surface area contributed by atoms with Crippen LogP contribution in [0.2, 0.25) is 0 Å². The van der Waals surface area contributed by atoms with Gasteiger partial charge in [-0.15, -0.1) is 0 Å². The van der Waals surface area contributed by atoms with Crippen molar-refractivity contribution in [1.29, 1.82) is 0 Å². The van der Waals surface area contributed by atoms with Gasteiger partial charge in [0.15, 0.2) is 0 Å². The van der Waals surface area contributed by atoms with Gasteiger partial charge in [-0.1, -0.05) is 0 Å². The summed E-state index contributed by atoms with van der Waals surface area (Å²) < 4.78 is 36.7. The number of halogens is 3. The van der Waals surface area contributed by atoms with E-state index in [2.05, 4.69) is 15.6 Å². The molecule has 1 saturated heterocycles. The Labute approximate surface area is 154 Å². The van der Waals surface area contributed by atoms with Gasteiger partial charge >= 0.3 is 12.1 Å². The molecule has 3 N–H and O–H groups in total. The Hall–Kier alpha value is -2.40. The van der Waals surface area contributed by atoms with Crippen LogP contribution in [0.25, 0.3) is 0 Å². The summed E-state index contributed by atoms with van der Waals surface area (Å²) in [7, 11) is 1.66. The van der Waals surface area contributed by atoms with E-state index in [-0.39, 0.29) is 11.9 Å². The van der Waals surface area contributed by atoms with Crippen molar-refractivity contribution in [1.82, 2.24) is 15.2 Å². The largest absolute Gasteiger partial charge is 0.490 e. The lowest BCUT2D eigenvalue weighted by atomic mass is 10.2. The van der Waals surface area contributed by atoms with Gasteiger partial charge in [-0.25, -0.2) is 4.79 Å². The number of carbonyl (C=O) groups excluding carboxylic acids is 1. The number of ether oxygens (including phenoxy) is 1. The third kappa shape index (κ3) is 8.69. The minimum Gasteiger partial charge on any atom is -0.475 e. The third-order valence-electron chi connectivity index (χ3n) is 3.63. The standard InChI is InChI=1S/C14H22N4O2.C2HF3O2/c1-20-11-8-17-13-4-9-18(14(13)19)10-7-16-12-2-5-15-6-3-12;3-2(4,5)1(6)7/h2-3,5-6,13,17H,4,7-11H2,1H3,(H,15,16);(H,6,7). The molecule has 1 fully saturated rings. The molecule has 0 radical (unpaired) electrons. The molecule has 0 saturated carbocycles. The van der Waals surface area contributed by atoms with Crippen molar-refractivity contribution in [3.05, 3.63) is 24.5 Å². The van der Waals surface area contributed by atoms with Crippen LogP contribution in [0.1, 0.15) is 6.42 Å². The van der Waals surface area contributed by atoms with Gasteiger partial charge in [0.1, 0.15) is 0 Å². The lowest BCUT2D eigenvalue weighted by molar-refractivity contribution is -0.192. The number of amides is 1. The Morgan fingerprint density at radius 2 is 2.00 bits per heavy atom. The fourth-order valence-corrected chi connectivity index (χ4v) is 2.29. The average Bonchev–Trinajstić information content (AvgIpc) is 2.96. The predicted octanol–water partition coefficient (Wildman–Crippen LogP) is 0.964. The summed E-state index contributed by atoms with van der Waals surface area (Å²) in [5.41, 5.74) is 1.03. The second-order valence-electron chi connectivity index (χ2n) is 5.58. The summed E-state index contributed by atoms with van der Waals surface area (Å²) in [5, 5.41) is 13.6. The van der Waals surface area contributed by atoms with E-state index in [4.69, 9.17) is 14.6 Å². The molecular weight excluding hydrogens is 369 g/mol. The third-order valence-corrected chi connectivity index (χ3v) is 3.63. The molecule has 1 aromatic rings. The zero-order valence-corrected chi connectivity index (χ0v) is 14.8. The number of carboxylic acid groups (broad SMARTS) is 1. The van der Waals surface area contributed by atoms with Crippen LogP contribution in [-0.2, 0) is 14.3 Å². The van der Waals surface area contributed by atoms with Crippen LogP contribution in [-0.4, -0.2) is 79.0 Å². The summed E-state index contributed by atoms with van der Waals surface area (Å²) in [6, 6.07) is 3.79. The maximum atomic E-state index is 12.1. The Morgan fingerprint density at radius 1 is 1.37 bits per heavy atom. The zero-order chi connectivity index (χ0) is 20.3. The van der Waals surface area contributed by atoms with Crippen LogP contribution < -0.4 is 10.6 Å². The molecule has 1 aliphatic rings. The normalized spacial score (nSPS) is 16.7. The van der Waals surface area contributed by atoms with E-state index in [1.165, 1.54) is 0 Å². The number of pyridine rings is 1. The van der Waals surface area contributed by atoms with Gasteiger partial charge in [0.05, 0.1) is 12.6 Å². The van der Waals surface area contributed by atoms with E-state index in [0.29, 0.717) is 6.61 Å². The maximum Gasteiger partial charge on any atom is 0.490 e. The number of nitrogens with zero attached hydrogens (tertiary/aromatic N) is 2. The molecule has 0 aliphatic carbocycles. The molecule has 0 aromatic carbocycles. The van der Waals surface area contributed by atoms with Gasteiger partial charge < -0.3 is 25.4 Å². The average molecular weight is 392 g/mol. The van der Waals surface area contributed by atoms with Crippen LogP contribution in [0, 0.1) is 0 Å². The molecule has 1 aliphatic heterocycles. The van der Waals surface area contributed by atoms with Crippen LogP contribution >= 0.6 is 0 Å². The lowest BCUT2D eigenvalue weighted by Gasteiger charge is -2.17. The number of hydrogen-bond donors (Lipinski definition) is 3. The summed E-state index contributed by atoms with van der Waals surface area (Å²) in [5.74, 6) is -2.56. The van der Waals surface area contributed by atoms with Crippen LogP contribution in [0.15, 0.2) is 24.5 Å². The molecular formula is C16H23F3N4O4. The molecule has 8 nitrogen and oxygen atoms in total. The highest BCUT2D eigenvalue weighted by Gasteiger charge is 2.38. The summed E-state index contributed by atoms with van der Waals surface area (Å²) >= 11 is 0. The number of aromatic nitrogens is 1. The van der Waals surface area contributed by atoms with Crippen LogP contribution in [0.5, 0.6) is 0 Å². The maximum absolute atomic E-state index is 12.1. The molecule has 2 heterocycles. The number of anilines is 1. The lowest BCUT2D eigenvalue weighted by Crippen LogP contribution is -2.40. The van der Waals surface area contributed by atoms with Crippen LogP contribution in [0.3, 0.4) is 0 Å².